The summed E-state index contributed by atoms with van der Waals surface area (Å²) < 4.78 is 14.4. The number of benzene rings is 1. The summed E-state index contributed by atoms with van der Waals surface area (Å²) in [6.45, 7) is 5.53. The molecule has 3 aromatic rings. The van der Waals surface area contributed by atoms with Crippen molar-refractivity contribution in [1.29, 1.82) is 0 Å². The Bertz CT molecular complexity index is 942. The zero-order chi connectivity index (χ0) is 17.1. The molecule has 8 heteroatoms. The first-order valence-corrected chi connectivity index (χ1v) is 9.08. The number of hydrogen-bond donors (Lipinski definition) is 0. The fraction of sp³-hybridized carbons (Fsp3) is 0.312. The lowest BCUT2D eigenvalue weighted by Gasteiger charge is -2.05. The molecule has 2 heterocycles. The lowest BCUT2D eigenvalue weighted by Crippen LogP contribution is -2.19. The number of amides is 1. The predicted octanol–water partition coefficient (Wildman–Crippen LogP) is 3.54. The average Bonchev–Trinajstić information content (AvgIpc) is 3.11. The highest BCUT2D eigenvalue weighted by Crippen LogP contribution is 2.22. The van der Waals surface area contributed by atoms with Gasteiger partial charge in [0.1, 0.15) is 5.76 Å². The summed E-state index contributed by atoms with van der Waals surface area (Å²) in [6.07, 6.45) is 0. The number of nitrogens with zero attached hydrogens (tertiary/aromatic N) is 3. The minimum Gasteiger partial charge on any atom is -0.380 e. The lowest BCUT2D eigenvalue weighted by molar-refractivity contribution is 0.0988. The van der Waals surface area contributed by atoms with E-state index < -0.39 is 5.91 Å². The summed E-state index contributed by atoms with van der Waals surface area (Å²) in [5.74, 6) is 0.167. The molecule has 0 radical (unpaired) electrons. The molecule has 0 unspecified atom stereocenters. The van der Waals surface area contributed by atoms with Crippen molar-refractivity contribution in [1.82, 2.24) is 9.72 Å². The Morgan fingerprint density at radius 2 is 2.29 bits per heavy atom. The second kappa shape index (κ2) is 7.42. The lowest BCUT2D eigenvalue weighted by atomic mass is 10.3. The topological polar surface area (TPSA) is 69.6 Å². The normalized spacial score (nSPS) is 12.2. The zero-order valence-electron chi connectivity index (χ0n) is 13.3. The molecule has 0 aliphatic heterocycles. The van der Waals surface area contributed by atoms with E-state index in [1.165, 1.54) is 11.3 Å². The van der Waals surface area contributed by atoms with Crippen LogP contribution >= 0.6 is 27.3 Å². The number of thiazole rings is 1. The van der Waals surface area contributed by atoms with Crippen molar-refractivity contribution in [2.45, 2.75) is 20.4 Å². The van der Waals surface area contributed by atoms with Gasteiger partial charge in [0.2, 0.25) is 0 Å². The highest BCUT2D eigenvalue weighted by molar-refractivity contribution is 9.10. The second-order valence-corrected chi connectivity index (χ2v) is 7.01. The van der Waals surface area contributed by atoms with E-state index in [2.05, 4.69) is 26.1 Å². The summed E-state index contributed by atoms with van der Waals surface area (Å²) in [4.78, 5) is 17.2. The molecule has 126 valence electrons. The Morgan fingerprint density at radius 3 is 3.00 bits per heavy atom. The van der Waals surface area contributed by atoms with Gasteiger partial charge >= 0.3 is 5.91 Å². The number of aromatic nitrogens is 2. The molecular formula is C16H16BrN3O3S. The molecule has 3 rings (SSSR count). The molecule has 0 atom stereocenters. The third kappa shape index (κ3) is 3.66. The van der Waals surface area contributed by atoms with Crippen LogP contribution in [-0.4, -0.2) is 28.8 Å². The summed E-state index contributed by atoms with van der Waals surface area (Å²) in [6, 6.07) is 7.58. The van der Waals surface area contributed by atoms with Crippen molar-refractivity contribution in [2.24, 2.45) is 4.99 Å². The van der Waals surface area contributed by atoms with E-state index in [0.717, 1.165) is 14.7 Å². The van der Waals surface area contributed by atoms with Gasteiger partial charge in [-0.3, -0.25) is 4.79 Å². The molecule has 0 fully saturated rings. The molecule has 2 aromatic heterocycles. The SMILES string of the molecule is CCOCCn1c(=NC(=O)c2cc(C)on2)sc2cc(Br)ccc21. The third-order valence-electron chi connectivity index (χ3n) is 3.35. The maximum atomic E-state index is 12.3. The van der Waals surface area contributed by atoms with E-state index >= 15 is 0 Å². The molecule has 0 spiro atoms. The molecular weight excluding hydrogens is 394 g/mol. The Hall–Kier alpha value is -1.77. The molecule has 0 bridgehead atoms. The van der Waals surface area contributed by atoms with Gasteiger partial charge in [-0.25, -0.2) is 0 Å². The van der Waals surface area contributed by atoms with Crippen LogP contribution in [0, 0.1) is 6.92 Å². The first-order chi connectivity index (χ1) is 11.6. The quantitative estimate of drug-likeness (QED) is 0.604. The maximum Gasteiger partial charge on any atom is 0.301 e. The first-order valence-electron chi connectivity index (χ1n) is 7.47. The number of carbonyl (C=O) groups is 1. The van der Waals surface area contributed by atoms with Crippen LogP contribution in [0.1, 0.15) is 23.2 Å². The van der Waals surface area contributed by atoms with Gasteiger partial charge < -0.3 is 13.8 Å². The summed E-state index contributed by atoms with van der Waals surface area (Å²) >= 11 is 4.93. The first kappa shape index (κ1) is 17.1. The minimum atomic E-state index is -0.414. The molecule has 1 amide bonds. The van der Waals surface area contributed by atoms with Gasteiger partial charge in [-0.15, -0.1) is 0 Å². The van der Waals surface area contributed by atoms with Crippen LogP contribution in [-0.2, 0) is 11.3 Å². The molecule has 0 saturated heterocycles. The number of hydrogen-bond acceptors (Lipinski definition) is 5. The number of aryl methyl sites for hydroxylation is 1. The fourth-order valence-corrected chi connectivity index (χ4v) is 3.87. The van der Waals surface area contributed by atoms with Crippen molar-refractivity contribution >= 4 is 43.4 Å². The standard InChI is InChI=1S/C16H16BrN3O3S/c1-3-22-7-6-20-13-5-4-11(17)9-14(13)24-16(20)18-15(21)12-8-10(2)23-19-12/h4-5,8-9H,3,6-7H2,1-2H3. The van der Waals surface area contributed by atoms with Crippen molar-refractivity contribution in [3.05, 3.63) is 45.0 Å². The van der Waals surface area contributed by atoms with Crippen LogP contribution in [0.25, 0.3) is 10.2 Å². The third-order valence-corrected chi connectivity index (χ3v) is 4.89. The van der Waals surface area contributed by atoms with Gasteiger partial charge in [-0.05, 0) is 32.0 Å². The average molecular weight is 410 g/mol. The monoisotopic (exact) mass is 409 g/mol. The van der Waals surface area contributed by atoms with E-state index in [1.54, 1.807) is 13.0 Å². The minimum absolute atomic E-state index is 0.211. The van der Waals surface area contributed by atoms with Gasteiger partial charge in [-0.1, -0.05) is 32.4 Å². The smallest absolute Gasteiger partial charge is 0.301 e. The van der Waals surface area contributed by atoms with Crippen LogP contribution < -0.4 is 4.80 Å². The molecule has 6 nitrogen and oxygen atoms in total. The number of fused-ring (bicyclic) bond motifs is 1. The zero-order valence-corrected chi connectivity index (χ0v) is 15.7. The largest absolute Gasteiger partial charge is 0.380 e. The van der Waals surface area contributed by atoms with Crippen molar-refractivity contribution in [3.63, 3.8) is 0 Å². The Labute approximate surface area is 150 Å². The van der Waals surface area contributed by atoms with Gasteiger partial charge in [0.15, 0.2) is 10.5 Å². The Balaban J connectivity index is 2.06. The maximum absolute atomic E-state index is 12.3. The van der Waals surface area contributed by atoms with Crippen LogP contribution in [0.2, 0.25) is 0 Å². The second-order valence-electron chi connectivity index (χ2n) is 5.09. The summed E-state index contributed by atoms with van der Waals surface area (Å²) in [7, 11) is 0. The highest BCUT2D eigenvalue weighted by atomic mass is 79.9. The van der Waals surface area contributed by atoms with E-state index in [0.29, 0.717) is 30.3 Å². The molecule has 0 N–H and O–H groups in total. The van der Waals surface area contributed by atoms with Crippen molar-refractivity contribution < 1.29 is 14.1 Å². The van der Waals surface area contributed by atoms with Crippen molar-refractivity contribution in [3.8, 4) is 0 Å². The van der Waals surface area contributed by atoms with Crippen LogP contribution in [0.15, 0.2) is 38.3 Å². The number of carbonyl (C=O) groups excluding carboxylic acids is 1. The summed E-state index contributed by atoms with van der Waals surface area (Å²) in [5.41, 5.74) is 1.23. The molecule has 0 aliphatic carbocycles. The van der Waals surface area contributed by atoms with E-state index in [1.807, 2.05) is 29.7 Å². The van der Waals surface area contributed by atoms with Gasteiger partial charge in [0.05, 0.1) is 16.8 Å². The highest BCUT2D eigenvalue weighted by Gasteiger charge is 2.12. The Kier molecular flexibility index (Phi) is 5.27. The predicted molar refractivity (Wildman–Crippen MR) is 95.1 cm³/mol. The van der Waals surface area contributed by atoms with Gasteiger partial charge in [0, 0.05) is 23.7 Å². The van der Waals surface area contributed by atoms with E-state index in [9.17, 15) is 4.79 Å². The van der Waals surface area contributed by atoms with E-state index in [4.69, 9.17) is 9.26 Å². The number of halogens is 1. The van der Waals surface area contributed by atoms with Crippen LogP contribution in [0.4, 0.5) is 0 Å². The summed E-state index contributed by atoms with van der Waals surface area (Å²) in [5, 5.41) is 3.73. The van der Waals surface area contributed by atoms with Crippen LogP contribution in [0.3, 0.4) is 0 Å². The number of ether oxygens (including phenoxy) is 1. The molecule has 0 aliphatic rings. The van der Waals surface area contributed by atoms with Crippen LogP contribution in [0.5, 0.6) is 0 Å². The molecule has 1 aromatic carbocycles. The number of rotatable bonds is 5. The van der Waals surface area contributed by atoms with Gasteiger partial charge in [0.25, 0.3) is 0 Å². The van der Waals surface area contributed by atoms with E-state index in [-0.39, 0.29) is 5.69 Å². The Morgan fingerprint density at radius 1 is 1.46 bits per heavy atom. The van der Waals surface area contributed by atoms with Crippen molar-refractivity contribution in [2.75, 3.05) is 13.2 Å². The van der Waals surface area contributed by atoms with Gasteiger partial charge in [-0.2, -0.15) is 4.99 Å². The molecule has 24 heavy (non-hydrogen) atoms. The molecule has 0 saturated carbocycles. The fourth-order valence-electron chi connectivity index (χ4n) is 2.26.